The van der Waals surface area contributed by atoms with E-state index in [0.29, 0.717) is 10.8 Å². The number of thiophene rings is 1. The molecule has 0 aliphatic carbocycles. The molecule has 0 saturated heterocycles. The third-order valence-corrected chi connectivity index (χ3v) is 4.57. The monoisotopic (exact) mass is 333 g/mol. The van der Waals surface area contributed by atoms with Crippen molar-refractivity contribution in [2.75, 3.05) is 11.9 Å². The van der Waals surface area contributed by atoms with E-state index in [0.717, 1.165) is 22.4 Å². The van der Waals surface area contributed by atoms with Crippen LogP contribution in [0.4, 0.5) is 5.00 Å². The van der Waals surface area contributed by atoms with E-state index >= 15 is 0 Å². The van der Waals surface area contributed by atoms with Crippen molar-refractivity contribution in [2.24, 2.45) is 0 Å². The van der Waals surface area contributed by atoms with Crippen molar-refractivity contribution in [3.63, 3.8) is 0 Å². The molecule has 0 aliphatic rings. The van der Waals surface area contributed by atoms with E-state index < -0.39 is 5.97 Å². The molecule has 6 heteroatoms. The summed E-state index contributed by atoms with van der Waals surface area (Å²) < 4.78 is 5.58. The average Bonchev–Trinajstić information content (AvgIpc) is 2.90. The van der Waals surface area contributed by atoms with Crippen LogP contribution in [0.5, 0.6) is 5.75 Å². The van der Waals surface area contributed by atoms with E-state index in [-0.39, 0.29) is 18.1 Å². The minimum atomic E-state index is -1.05. The maximum atomic E-state index is 12.1. The van der Waals surface area contributed by atoms with Gasteiger partial charge in [-0.3, -0.25) is 4.79 Å². The number of para-hydroxylation sites is 1. The van der Waals surface area contributed by atoms with Crippen LogP contribution in [0.1, 0.15) is 33.3 Å². The van der Waals surface area contributed by atoms with Crippen molar-refractivity contribution in [1.82, 2.24) is 0 Å². The third-order valence-electron chi connectivity index (χ3n) is 3.37. The quantitative estimate of drug-likeness (QED) is 0.846. The van der Waals surface area contributed by atoms with Gasteiger partial charge in [0, 0.05) is 4.88 Å². The second-order valence-corrected chi connectivity index (χ2v) is 6.31. The zero-order valence-corrected chi connectivity index (χ0v) is 14.1. The molecule has 0 aliphatic heterocycles. The van der Waals surface area contributed by atoms with Crippen LogP contribution in [0.25, 0.3) is 0 Å². The highest BCUT2D eigenvalue weighted by molar-refractivity contribution is 7.16. The molecular weight excluding hydrogens is 314 g/mol. The maximum Gasteiger partial charge on any atom is 0.338 e. The second kappa shape index (κ2) is 7.28. The van der Waals surface area contributed by atoms with E-state index in [1.165, 1.54) is 11.3 Å². The maximum absolute atomic E-state index is 12.1. The molecule has 0 fully saturated rings. The van der Waals surface area contributed by atoms with Crippen LogP contribution in [-0.2, 0) is 11.2 Å². The number of hydrogen-bond donors (Lipinski definition) is 2. The van der Waals surface area contributed by atoms with E-state index in [4.69, 9.17) is 4.74 Å². The van der Waals surface area contributed by atoms with Gasteiger partial charge in [0.25, 0.3) is 5.91 Å². The fourth-order valence-electron chi connectivity index (χ4n) is 2.20. The summed E-state index contributed by atoms with van der Waals surface area (Å²) in [6.07, 6.45) is 0.722. The molecule has 0 atom stereocenters. The minimum Gasteiger partial charge on any atom is -0.483 e. The van der Waals surface area contributed by atoms with Gasteiger partial charge in [-0.1, -0.05) is 25.1 Å². The first kappa shape index (κ1) is 17.0. The molecule has 5 nitrogen and oxygen atoms in total. The Hall–Kier alpha value is -2.34. The fraction of sp³-hybridized carbons (Fsp3) is 0.294. The molecular formula is C17H19NO4S. The van der Waals surface area contributed by atoms with Gasteiger partial charge < -0.3 is 15.2 Å². The number of aryl methyl sites for hydroxylation is 3. The zero-order chi connectivity index (χ0) is 17.0. The lowest BCUT2D eigenvalue weighted by atomic mass is 10.1. The Bertz CT molecular complexity index is 716. The van der Waals surface area contributed by atoms with Gasteiger partial charge in [-0.05, 0) is 37.5 Å². The van der Waals surface area contributed by atoms with Gasteiger partial charge in [-0.15, -0.1) is 11.3 Å². The van der Waals surface area contributed by atoms with E-state index in [1.807, 2.05) is 39.0 Å². The number of nitrogens with one attached hydrogen (secondary N) is 1. The SMILES string of the molecule is CCc1cc(C(=O)O)c(NC(=O)COc2c(C)cccc2C)s1. The predicted molar refractivity (Wildman–Crippen MR) is 90.7 cm³/mol. The number of anilines is 1. The summed E-state index contributed by atoms with van der Waals surface area (Å²) in [6, 6.07) is 7.34. The standard InChI is InChI=1S/C17H19NO4S/c1-4-12-8-13(17(20)21)16(23-12)18-14(19)9-22-15-10(2)6-5-7-11(15)3/h5-8H,4,9H2,1-3H3,(H,18,19)(H,20,21). The Morgan fingerprint density at radius 2 is 1.91 bits per heavy atom. The number of hydrogen-bond acceptors (Lipinski definition) is 4. The molecule has 0 spiro atoms. The van der Waals surface area contributed by atoms with Crippen LogP contribution < -0.4 is 10.1 Å². The highest BCUT2D eigenvalue weighted by Gasteiger charge is 2.17. The summed E-state index contributed by atoms with van der Waals surface area (Å²) >= 11 is 1.28. The summed E-state index contributed by atoms with van der Waals surface area (Å²) in [5.74, 6) is -0.742. The molecule has 0 unspecified atom stereocenters. The Balaban J connectivity index is 2.06. The number of amides is 1. The Morgan fingerprint density at radius 1 is 1.26 bits per heavy atom. The number of carboxylic acid groups (broad SMARTS) is 1. The van der Waals surface area contributed by atoms with E-state index in [1.54, 1.807) is 6.07 Å². The summed E-state index contributed by atoms with van der Waals surface area (Å²) in [6.45, 7) is 5.60. The Labute approximate surface area is 138 Å². The highest BCUT2D eigenvalue weighted by atomic mass is 32.1. The van der Waals surface area contributed by atoms with Crippen molar-refractivity contribution in [3.8, 4) is 5.75 Å². The fourth-order valence-corrected chi connectivity index (χ4v) is 3.20. The van der Waals surface area contributed by atoms with Crippen LogP contribution in [-0.4, -0.2) is 23.6 Å². The lowest BCUT2D eigenvalue weighted by Crippen LogP contribution is -2.21. The molecule has 1 aromatic carbocycles. The van der Waals surface area contributed by atoms with Crippen LogP contribution in [0.2, 0.25) is 0 Å². The normalized spacial score (nSPS) is 10.4. The molecule has 1 heterocycles. The van der Waals surface area contributed by atoms with Crippen LogP contribution in [0.3, 0.4) is 0 Å². The first-order valence-corrected chi connectivity index (χ1v) is 8.08. The van der Waals surface area contributed by atoms with Crippen molar-refractivity contribution in [3.05, 3.63) is 45.8 Å². The predicted octanol–water partition coefficient (Wildman–Crippen LogP) is 3.64. The number of carbonyl (C=O) groups is 2. The molecule has 0 saturated carbocycles. The van der Waals surface area contributed by atoms with Gasteiger partial charge in [0.2, 0.25) is 0 Å². The number of ether oxygens (including phenoxy) is 1. The molecule has 0 radical (unpaired) electrons. The Kier molecular flexibility index (Phi) is 5.39. The van der Waals surface area contributed by atoms with Crippen molar-refractivity contribution < 1.29 is 19.4 Å². The number of benzene rings is 1. The van der Waals surface area contributed by atoms with E-state index in [9.17, 15) is 14.7 Å². The number of rotatable bonds is 6. The van der Waals surface area contributed by atoms with Gasteiger partial charge in [0.15, 0.2) is 6.61 Å². The average molecular weight is 333 g/mol. The molecule has 2 rings (SSSR count). The minimum absolute atomic E-state index is 0.118. The smallest absolute Gasteiger partial charge is 0.338 e. The first-order chi connectivity index (χ1) is 10.9. The second-order valence-electron chi connectivity index (χ2n) is 5.17. The van der Waals surface area contributed by atoms with Crippen LogP contribution in [0, 0.1) is 13.8 Å². The number of aromatic carboxylic acids is 1. The molecule has 23 heavy (non-hydrogen) atoms. The van der Waals surface area contributed by atoms with Gasteiger partial charge in [0.1, 0.15) is 10.8 Å². The van der Waals surface area contributed by atoms with Crippen molar-refractivity contribution >= 4 is 28.2 Å². The highest BCUT2D eigenvalue weighted by Crippen LogP contribution is 2.29. The first-order valence-electron chi connectivity index (χ1n) is 7.27. The molecule has 2 aromatic rings. The largest absolute Gasteiger partial charge is 0.483 e. The summed E-state index contributed by atoms with van der Waals surface area (Å²) in [7, 11) is 0. The van der Waals surface area contributed by atoms with Crippen molar-refractivity contribution in [2.45, 2.75) is 27.2 Å². The van der Waals surface area contributed by atoms with Gasteiger partial charge >= 0.3 is 5.97 Å². The van der Waals surface area contributed by atoms with E-state index in [2.05, 4.69) is 5.32 Å². The molecule has 1 aromatic heterocycles. The third kappa shape index (κ3) is 4.10. The number of carboxylic acids is 1. The summed E-state index contributed by atoms with van der Waals surface area (Å²) in [5, 5.41) is 12.2. The van der Waals surface area contributed by atoms with Gasteiger partial charge in [0.05, 0.1) is 5.56 Å². The summed E-state index contributed by atoms with van der Waals surface area (Å²) in [4.78, 5) is 24.2. The lowest BCUT2D eigenvalue weighted by Gasteiger charge is -2.11. The Morgan fingerprint density at radius 3 is 2.48 bits per heavy atom. The molecule has 1 amide bonds. The molecule has 0 bridgehead atoms. The zero-order valence-electron chi connectivity index (χ0n) is 13.3. The van der Waals surface area contributed by atoms with Crippen LogP contribution >= 0.6 is 11.3 Å². The van der Waals surface area contributed by atoms with Crippen LogP contribution in [0.15, 0.2) is 24.3 Å². The number of carbonyl (C=O) groups excluding carboxylic acids is 1. The molecule has 122 valence electrons. The summed E-state index contributed by atoms with van der Waals surface area (Å²) in [5.41, 5.74) is 2.02. The topological polar surface area (TPSA) is 75.6 Å². The lowest BCUT2D eigenvalue weighted by molar-refractivity contribution is -0.118. The molecule has 2 N–H and O–H groups in total. The van der Waals surface area contributed by atoms with Gasteiger partial charge in [-0.25, -0.2) is 4.79 Å². The van der Waals surface area contributed by atoms with Gasteiger partial charge in [-0.2, -0.15) is 0 Å². The van der Waals surface area contributed by atoms with Crippen molar-refractivity contribution in [1.29, 1.82) is 0 Å².